The van der Waals surface area contributed by atoms with Crippen LogP contribution in [0.3, 0.4) is 0 Å². The summed E-state index contributed by atoms with van der Waals surface area (Å²) >= 11 is 1.81. The Labute approximate surface area is 187 Å². The van der Waals surface area contributed by atoms with E-state index >= 15 is 0 Å². The van der Waals surface area contributed by atoms with E-state index in [9.17, 15) is 4.79 Å². The topological polar surface area (TPSA) is 29.5 Å². The number of rotatable bonds is 2. The van der Waals surface area contributed by atoms with Crippen molar-refractivity contribution in [3.8, 4) is 0 Å². The summed E-state index contributed by atoms with van der Waals surface area (Å²) in [6.07, 6.45) is 3.21. The summed E-state index contributed by atoms with van der Waals surface area (Å²) in [7, 11) is 2.09. The van der Waals surface area contributed by atoms with Crippen molar-refractivity contribution in [2.75, 3.05) is 33.2 Å². The Bertz CT molecular complexity index is 1100. The Morgan fingerprint density at radius 2 is 1.87 bits per heavy atom. The highest BCUT2D eigenvalue weighted by Crippen LogP contribution is 2.45. The van der Waals surface area contributed by atoms with Crippen molar-refractivity contribution in [3.05, 3.63) is 70.6 Å². The Morgan fingerprint density at radius 1 is 1.10 bits per heavy atom. The summed E-state index contributed by atoms with van der Waals surface area (Å²) < 4.78 is 7.88. The molecule has 5 heterocycles. The second kappa shape index (κ2) is 7.44. The van der Waals surface area contributed by atoms with Gasteiger partial charge in [0.2, 0.25) is 0 Å². The van der Waals surface area contributed by atoms with Crippen molar-refractivity contribution in [1.82, 2.24) is 4.90 Å². The normalized spacial score (nSPS) is 32.0. The molecule has 0 saturated carbocycles. The molecule has 1 aromatic heterocycles. The Hall–Kier alpha value is -2.21. The molecule has 3 aromatic rings. The first kappa shape index (κ1) is 19.5. The Morgan fingerprint density at radius 3 is 2.65 bits per heavy atom. The summed E-state index contributed by atoms with van der Waals surface area (Å²) in [5.74, 6) is 0.528. The number of hydrogen-bond donors (Lipinski definition) is 0. The second-order valence-corrected chi connectivity index (χ2v) is 10.7. The minimum absolute atomic E-state index is 0.0177. The number of thiophene rings is 1. The number of carbonyl (C=O) groups is 1. The average Bonchev–Trinajstić information content (AvgIpc) is 3.23. The van der Waals surface area contributed by atoms with E-state index in [-0.39, 0.29) is 18.2 Å². The van der Waals surface area contributed by atoms with Gasteiger partial charge in [0.1, 0.15) is 6.10 Å². The van der Waals surface area contributed by atoms with Crippen molar-refractivity contribution < 1.29 is 14.0 Å². The van der Waals surface area contributed by atoms with Crippen molar-refractivity contribution in [2.24, 2.45) is 5.92 Å². The Kier molecular flexibility index (Phi) is 4.67. The standard InChI is InChI=1S/C26H29N2O2S/c1-28(26(29)30-22-17-27-13-10-19(22)11-14-27)15-12-18-6-2-4-8-21(18)25(28)24-16-20-7-3-5-9-23(20)31-24/h2-9,16,19,22,25H,10-15,17H2,1H3/q+1/t22-,25-,28?/m1/s1. The molecular weight excluding hydrogens is 404 g/mol. The molecule has 2 aromatic carbocycles. The quantitative estimate of drug-likeness (QED) is 0.519. The molecule has 160 valence electrons. The molecule has 3 fully saturated rings. The van der Waals surface area contributed by atoms with E-state index < -0.39 is 0 Å². The van der Waals surface area contributed by atoms with Crippen LogP contribution in [0.2, 0.25) is 0 Å². The van der Waals surface area contributed by atoms with Gasteiger partial charge in [0.05, 0.1) is 18.5 Å². The van der Waals surface area contributed by atoms with E-state index in [0.29, 0.717) is 10.4 Å². The molecular formula is C26H29N2O2S+. The average molecular weight is 434 g/mol. The fourth-order valence-corrected chi connectivity index (χ4v) is 7.18. The van der Waals surface area contributed by atoms with Crippen molar-refractivity contribution >= 4 is 27.5 Å². The fraction of sp³-hybridized carbons (Fsp3) is 0.423. The number of amides is 1. The highest BCUT2D eigenvalue weighted by molar-refractivity contribution is 7.19. The number of likely N-dealkylation sites (N-methyl/N-ethyl adjacent to an activating group) is 1. The fourth-order valence-electron chi connectivity index (χ4n) is 5.88. The zero-order valence-corrected chi connectivity index (χ0v) is 18.8. The van der Waals surface area contributed by atoms with Gasteiger partial charge in [0.15, 0.2) is 6.04 Å². The maximum atomic E-state index is 13.8. The molecule has 4 aliphatic heterocycles. The van der Waals surface area contributed by atoms with Crippen molar-refractivity contribution in [3.63, 3.8) is 0 Å². The molecule has 7 rings (SSSR count). The van der Waals surface area contributed by atoms with Gasteiger partial charge in [-0.15, -0.1) is 11.3 Å². The van der Waals surface area contributed by atoms with Crippen LogP contribution in [0.4, 0.5) is 4.79 Å². The summed E-state index contributed by atoms with van der Waals surface area (Å²) in [6, 6.07) is 19.4. The van der Waals surface area contributed by atoms with Crippen LogP contribution in [0.25, 0.3) is 10.1 Å². The zero-order valence-electron chi connectivity index (χ0n) is 18.0. The molecule has 0 aliphatic carbocycles. The molecule has 31 heavy (non-hydrogen) atoms. The predicted octanol–water partition coefficient (Wildman–Crippen LogP) is 5.22. The highest BCUT2D eigenvalue weighted by Gasteiger charge is 2.50. The third-order valence-corrected chi connectivity index (χ3v) is 8.91. The molecule has 3 atom stereocenters. The molecule has 0 radical (unpaired) electrons. The van der Waals surface area contributed by atoms with E-state index in [1.54, 1.807) is 0 Å². The lowest BCUT2D eigenvalue weighted by Gasteiger charge is -2.46. The number of hydrogen-bond acceptors (Lipinski definition) is 4. The van der Waals surface area contributed by atoms with Gasteiger partial charge in [-0.25, -0.2) is 4.48 Å². The van der Waals surface area contributed by atoms with Gasteiger partial charge in [0.25, 0.3) is 0 Å². The van der Waals surface area contributed by atoms with Crippen molar-refractivity contribution in [2.45, 2.75) is 31.4 Å². The first-order valence-electron chi connectivity index (χ1n) is 11.5. The third kappa shape index (κ3) is 3.22. The number of fused-ring (bicyclic) bond motifs is 5. The van der Waals surface area contributed by atoms with Crippen LogP contribution in [0.15, 0.2) is 54.6 Å². The van der Waals surface area contributed by atoms with Crippen LogP contribution in [0, 0.1) is 5.92 Å². The summed E-state index contributed by atoms with van der Waals surface area (Å²) in [5.41, 5.74) is 2.63. The van der Waals surface area contributed by atoms with Gasteiger partial charge in [-0.05, 0) is 54.9 Å². The maximum absolute atomic E-state index is 13.8. The zero-order chi connectivity index (χ0) is 21.0. The van der Waals surface area contributed by atoms with Gasteiger partial charge in [-0.2, -0.15) is 4.79 Å². The molecule has 1 unspecified atom stereocenters. The van der Waals surface area contributed by atoms with E-state index in [4.69, 9.17) is 4.74 Å². The smallest absolute Gasteiger partial charge is 0.415 e. The molecule has 0 N–H and O–H groups in total. The molecule has 2 bridgehead atoms. The molecule has 5 heteroatoms. The lowest BCUT2D eigenvalue weighted by molar-refractivity contribution is -0.866. The van der Waals surface area contributed by atoms with E-state index in [2.05, 4.69) is 66.5 Å². The van der Waals surface area contributed by atoms with E-state index in [1.165, 1.54) is 26.1 Å². The van der Waals surface area contributed by atoms with Crippen LogP contribution < -0.4 is 0 Å². The minimum atomic E-state index is -0.0595. The van der Waals surface area contributed by atoms with Crippen LogP contribution in [0.5, 0.6) is 0 Å². The monoisotopic (exact) mass is 433 g/mol. The van der Waals surface area contributed by atoms with Crippen molar-refractivity contribution in [1.29, 1.82) is 0 Å². The van der Waals surface area contributed by atoms with Crippen LogP contribution in [-0.2, 0) is 11.2 Å². The number of ether oxygens (including phenoxy) is 1. The predicted molar refractivity (Wildman–Crippen MR) is 124 cm³/mol. The Balaban J connectivity index is 1.39. The van der Waals surface area contributed by atoms with Gasteiger partial charge < -0.3 is 4.74 Å². The molecule has 4 nitrogen and oxygen atoms in total. The number of piperidine rings is 3. The van der Waals surface area contributed by atoms with Gasteiger partial charge in [0, 0.05) is 23.2 Å². The van der Waals surface area contributed by atoms with Crippen LogP contribution in [0.1, 0.15) is 34.9 Å². The largest absolute Gasteiger partial charge is 0.516 e. The van der Waals surface area contributed by atoms with E-state index in [1.807, 2.05) is 11.3 Å². The van der Waals surface area contributed by atoms with Crippen LogP contribution >= 0.6 is 11.3 Å². The number of benzene rings is 2. The third-order valence-electron chi connectivity index (χ3n) is 7.74. The SMILES string of the molecule is C[N+]1(C(=O)O[C@@H]2CN3CCC2CC3)CCc2ccccc2[C@@H]1c1cc2ccccc2s1. The maximum Gasteiger partial charge on any atom is 0.516 e. The second-order valence-electron chi connectivity index (χ2n) is 9.59. The van der Waals surface area contributed by atoms with Gasteiger partial charge in [-0.3, -0.25) is 4.90 Å². The summed E-state index contributed by atoms with van der Waals surface area (Å²) in [5, 5.41) is 1.25. The highest BCUT2D eigenvalue weighted by atomic mass is 32.1. The minimum Gasteiger partial charge on any atom is -0.415 e. The number of carbonyl (C=O) groups excluding carboxylic acids is 1. The number of nitrogens with zero attached hydrogens (tertiary/aromatic N) is 2. The van der Waals surface area contributed by atoms with Gasteiger partial charge in [-0.1, -0.05) is 42.5 Å². The molecule has 0 spiro atoms. The molecule has 3 saturated heterocycles. The molecule has 4 aliphatic rings. The summed E-state index contributed by atoms with van der Waals surface area (Å²) in [6.45, 7) is 3.99. The van der Waals surface area contributed by atoms with Crippen LogP contribution in [-0.4, -0.2) is 54.8 Å². The lowest BCUT2D eigenvalue weighted by atomic mass is 9.86. The summed E-state index contributed by atoms with van der Waals surface area (Å²) in [4.78, 5) is 17.5. The van der Waals surface area contributed by atoms with E-state index in [0.717, 1.165) is 45.4 Å². The molecule has 1 amide bonds. The van der Waals surface area contributed by atoms with Gasteiger partial charge >= 0.3 is 6.09 Å². The first-order valence-corrected chi connectivity index (χ1v) is 12.3. The lowest BCUT2D eigenvalue weighted by Crippen LogP contribution is -2.59. The first-order chi connectivity index (χ1) is 15.1. The number of quaternary nitrogens is 1.